The summed E-state index contributed by atoms with van der Waals surface area (Å²) in [5.41, 5.74) is 12.1. The van der Waals surface area contributed by atoms with Gasteiger partial charge in [-0.15, -0.1) is 5.10 Å². The topological polar surface area (TPSA) is 274 Å². The SMILES string of the molecule is CCCCNc1nc(N)nc2ccc(Cc3ccc(CN4CC5(CN(CCOCCOCCOCCNC(=O)CCOCCOCCOCCOCCn6cc(CNC(=O)C7CCC(CN8C(=O)C=CC8=O)CC7)nn6)C5)C4)cc3)nc12. The van der Waals surface area contributed by atoms with Crippen LogP contribution >= 0.6 is 0 Å². The number of carbonyl (C=O) groups excluding carboxylic acids is 4. The Kier molecular flexibility index (Phi) is 25.1. The van der Waals surface area contributed by atoms with Gasteiger partial charge in [0.1, 0.15) is 11.2 Å². The van der Waals surface area contributed by atoms with Crippen molar-refractivity contribution in [1.82, 2.24) is 55.3 Å². The van der Waals surface area contributed by atoms with Crippen molar-refractivity contribution in [2.45, 2.75) is 77.9 Å². The zero-order valence-electron chi connectivity index (χ0n) is 47.8. The zero-order valence-corrected chi connectivity index (χ0v) is 47.8. The second-order valence-electron chi connectivity index (χ2n) is 21.6. The fourth-order valence-electron chi connectivity index (χ4n) is 10.7. The van der Waals surface area contributed by atoms with Crippen LogP contribution in [0.4, 0.5) is 11.8 Å². The molecule has 1 spiro atoms. The van der Waals surface area contributed by atoms with E-state index in [1.54, 1.807) is 10.9 Å². The number of ether oxygens (including phenoxy) is 7. The van der Waals surface area contributed by atoms with E-state index in [1.807, 2.05) is 12.1 Å². The second-order valence-corrected chi connectivity index (χ2v) is 21.6. The predicted molar refractivity (Wildman–Crippen MR) is 305 cm³/mol. The molecular weight excluding hydrogens is 1050 g/mol. The van der Waals surface area contributed by atoms with E-state index in [2.05, 4.69) is 77.2 Å². The smallest absolute Gasteiger partial charge is 0.253 e. The van der Waals surface area contributed by atoms with Crippen molar-refractivity contribution < 1.29 is 52.3 Å². The molecule has 3 aromatic heterocycles. The zero-order chi connectivity index (χ0) is 57.2. The van der Waals surface area contributed by atoms with Crippen molar-refractivity contribution in [2.75, 3.05) is 156 Å². The van der Waals surface area contributed by atoms with Crippen LogP contribution in [-0.4, -0.2) is 213 Å². The Morgan fingerprint density at radius 3 is 1.94 bits per heavy atom. The van der Waals surface area contributed by atoms with Crippen molar-refractivity contribution >= 4 is 46.4 Å². The number of nitrogens with zero attached hydrogens (tertiary/aromatic N) is 9. The minimum atomic E-state index is -0.259. The number of likely N-dealkylation sites (tertiary alicyclic amines) is 2. The van der Waals surface area contributed by atoms with E-state index in [1.165, 1.54) is 28.2 Å². The Balaban J connectivity index is 0.519. The molecule has 1 saturated carbocycles. The lowest BCUT2D eigenvalue weighted by molar-refractivity contribution is -0.138. The fourth-order valence-corrected chi connectivity index (χ4v) is 10.7. The summed E-state index contributed by atoms with van der Waals surface area (Å²) in [5, 5.41) is 17.4. The lowest BCUT2D eigenvalue weighted by Crippen LogP contribution is -2.71. The highest BCUT2D eigenvalue weighted by Gasteiger charge is 2.51. The van der Waals surface area contributed by atoms with E-state index in [4.69, 9.17) is 43.9 Å². The van der Waals surface area contributed by atoms with Crippen LogP contribution in [0.15, 0.2) is 54.7 Å². The number of benzene rings is 1. The Hall–Kier alpha value is -6.09. The van der Waals surface area contributed by atoms with Gasteiger partial charge in [0.2, 0.25) is 17.8 Å². The lowest BCUT2D eigenvalue weighted by Gasteiger charge is -2.60. The molecule has 4 aromatic rings. The molecule has 82 heavy (non-hydrogen) atoms. The molecule has 3 fully saturated rings. The molecule has 8 rings (SSSR count). The van der Waals surface area contributed by atoms with Crippen molar-refractivity contribution in [2.24, 2.45) is 17.3 Å². The highest BCUT2D eigenvalue weighted by Crippen LogP contribution is 2.40. The number of rotatable bonds is 40. The first-order valence-electron chi connectivity index (χ1n) is 29.3. The van der Waals surface area contributed by atoms with Crippen LogP contribution in [0, 0.1) is 17.3 Å². The molecule has 24 heteroatoms. The van der Waals surface area contributed by atoms with Crippen molar-refractivity contribution in [3.8, 4) is 0 Å². The molecule has 448 valence electrons. The monoisotopic (exact) mass is 1140 g/mol. The van der Waals surface area contributed by atoms with Gasteiger partial charge in [0.15, 0.2) is 5.82 Å². The summed E-state index contributed by atoms with van der Waals surface area (Å²) < 4.78 is 41.0. The number of imide groups is 1. The van der Waals surface area contributed by atoms with E-state index < -0.39 is 0 Å². The number of nitrogens with one attached hydrogen (secondary N) is 3. The van der Waals surface area contributed by atoms with Gasteiger partial charge >= 0.3 is 0 Å². The van der Waals surface area contributed by atoms with Gasteiger partial charge in [0.05, 0.1) is 117 Å². The van der Waals surface area contributed by atoms with Crippen LogP contribution in [0.3, 0.4) is 0 Å². The fraction of sp³-hybridized carbons (Fsp3) is 0.638. The standard InChI is InChI=1S/C58H85N13O11/c1-2-3-17-61-55-54-50(64-57(59)65-55)13-12-48(63-54)35-44-4-6-45(7-5-44)37-69-42-58(43-69)40-68(41-58)19-23-78-27-31-81-30-26-77-22-18-60-51(72)16-21-76-25-29-80-33-34-82-32-28-79-24-20-70-39-49(66-67-70)36-62-56(75)47-10-8-46(9-11-47)38-71-52(73)14-15-53(71)74/h4-7,12-15,39,46-47H,2-3,8-11,16-38,40-43H2,1H3,(H,60,72)(H,62,75)(H3,59,61,64,65). The van der Waals surface area contributed by atoms with Gasteiger partial charge in [-0.1, -0.05) is 42.8 Å². The minimum Gasteiger partial charge on any atom is -0.379 e. The molecule has 24 nitrogen and oxygen atoms in total. The Bertz CT molecular complexity index is 2620. The van der Waals surface area contributed by atoms with Gasteiger partial charge in [-0.05, 0) is 61.3 Å². The Labute approximate surface area is 480 Å². The molecule has 6 heterocycles. The Morgan fingerprint density at radius 2 is 1.27 bits per heavy atom. The number of aromatic nitrogens is 6. The maximum atomic E-state index is 12.8. The number of nitrogens with two attached hydrogens (primary N) is 1. The van der Waals surface area contributed by atoms with Gasteiger partial charge in [0.25, 0.3) is 11.8 Å². The molecule has 5 N–H and O–H groups in total. The van der Waals surface area contributed by atoms with Crippen molar-refractivity contribution in [3.05, 3.63) is 77.3 Å². The van der Waals surface area contributed by atoms with Crippen LogP contribution in [-0.2, 0) is 78.4 Å². The summed E-state index contributed by atoms with van der Waals surface area (Å²) in [6.07, 6.45) is 10.6. The lowest BCUT2D eigenvalue weighted by atomic mass is 9.72. The Morgan fingerprint density at radius 1 is 0.659 bits per heavy atom. The normalized spacial score (nSPS) is 17.9. The summed E-state index contributed by atoms with van der Waals surface area (Å²) in [6.45, 7) is 17.3. The van der Waals surface area contributed by atoms with Crippen molar-refractivity contribution in [1.29, 1.82) is 0 Å². The summed E-state index contributed by atoms with van der Waals surface area (Å²) in [4.78, 5) is 68.6. The number of unbranched alkanes of at least 4 members (excludes halogenated alkanes) is 1. The van der Waals surface area contributed by atoms with Gasteiger partial charge < -0.3 is 54.8 Å². The second kappa shape index (κ2) is 33.3. The van der Waals surface area contributed by atoms with Gasteiger partial charge in [0, 0.05) is 101 Å². The van der Waals surface area contributed by atoms with Crippen molar-refractivity contribution in [3.63, 3.8) is 0 Å². The maximum Gasteiger partial charge on any atom is 0.253 e. The number of carbonyl (C=O) groups is 4. The van der Waals surface area contributed by atoms with Crippen LogP contribution < -0.4 is 21.7 Å². The number of amides is 4. The summed E-state index contributed by atoms with van der Waals surface area (Å²) in [5.74, 6) is 0.449. The van der Waals surface area contributed by atoms with E-state index >= 15 is 0 Å². The molecule has 1 aromatic carbocycles. The number of pyridine rings is 1. The average molecular weight is 1140 g/mol. The highest BCUT2D eigenvalue weighted by atomic mass is 16.6. The summed E-state index contributed by atoms with van der Waals surface area (Å²) in [6, 6.07) is 12.9. The summed E-state index contributed by atoms with van der Waals surface area (Å²) >= 11 is 0. The molecule has 3 aliphatic heterocycles. The van der Waals surface area contributed by atoms with Crippen LogP contribution in [0.2, 0.25) is 0 Å². The molecule has 0 atom stereocenters. The number of anilines is 2. The van der Waals surface area contributed by atoms with Crippen LogP contribution in [0.5, 0.6) is 0 Å². The van der Waals surface area contributed by atoms with E-state index in [0.29, 0.717) is 136 Å². The third kappa shape index (κ3) is 20.4. The van der Waals surface area contributed by atoms with Gasteiger partial charge in [-0.3, -0.25) is 33.9 Å². The molecule has 0 unspecified atom stereocenters. The molecule has 1 aliphatic carbocycles. The molecule has 0 radical (unpaired) electrons. The van der Waals surface area contributed by atoms with E-state index in [-0.39, 0.29) is 47.8 Å². The number of hydrogen-bond donors (Lipinski definition) is 4. The average Bonchev–Trinajstić information content (AvgIpc) is 4.15. The maximum absolute atomic E-state index is 12.8. The first kappa shape index (κ1) is 62.0. The number of hydrogen-bond acceptors (Lipinski definition) is 20. The van der Waals surface area contributed by atoms with Crippen LogP contribution in [0.1, 0.15) is 74.4 Å². The quantitative estimate of drug-likeness (QED) is 0.0368. The minimum absolute atomic E-state index is 0.0148. The molecule has 4 amide bonds. The third-order valence-corrected chi connectivity index (χ3v) is 15.0. The molecule has 4 aliphatic rings. The first-order chi connectivity index (χ1) is 40.1. The predicted octanol–water partition coefficient (Wildman–Crippen LogP) is 2.79. The highest BCUT2D eigenvalue weighted by molar-refractivity contribution is 6.12. The van der Waals surface area contributed by atoms with E-state index in [0.717, 1.165) is 107 Å². The van der Waals surface area contributed by atoms with Gasteiger partial charge in [-0.2, -0.15) is 4.98 Å². The third-order valence-electron chi connectivity index (χ3n) is 15.0. The molecular formula is C58H85N13O11. The largest absolute Gasteiger partial charge is 0.379 e. The molecule has 0 bridgehead atoms. The van der Waals surface area contributed by atoms with Gasteiger partial charge in [-0.25, -0.2) is 14.6 Å². The van der Waals surface area contributed by atoms with E-state index in [9.17, 15) is 19.2 Å². The van der Waals surface area contributed by atoms with Crippen LogP contribution in [0.25, 0.3) is 11.0 Å². The summed E-state index contributed by atoms with van der Waals surface area (Å²) in [7, 11) is 0. The first-order valence-corrected chi connectivity index (χ1v) is 29.3. The number of nitrogen functional groups attached to an aromatic ring is 1. The number of fused-ring (bicyclic) bond motifs is 1. The molecule has 2 saturated heterocycles.